The Morgan fingerprint density at radius 2 is 2.00 bits per heavy atom. The summed E-state index contributed by atoms with van der Waals surface area (Å²) in [7, 11) is -3.77. The number of ether oxygens (including phenoxy) is 1. The van der Waals surface area contributed by atoms with Crippen molar-refractivity contribution >= 4 is 38.1 Å². The highest BCUT2D eigenvalue weighted by molar-refractivity contribution is 9.10. The minimum atomic E-state index is -3.77. The molecular weight excluding hydrogens is 396 g/mol. The lowest BCUT2D eigenvalue weighted by Crippen LogP contribution is -2.30. The van der Waals surface area contributed by atoms with Gasteiger partial charge < -0.3 is 9.53 Å². The highest BCUT2D eigenvalue weighted by atomic mass is 79.9. The van der Waals surface area contributed by atoms with E-state index < -0.39 is 16.3 Å². The Balaban J connectivity index is 1.90. The van der Waals surface area contributed by atoms with E-state index in [1.54, 1.807) is 18.2 Å². The van der Waals surface area contributed by atoms with E-state index in [0.29, 0.717) is 28.8 Å². The lowest BCUT2D eigenvalue weighted by molar-refractivity contribution is -0.108. The maximum Gasteiger partial charge on any atom is 0.302 e. The van der Waals surface area contributed by atoms with E-state index >= 15 is 0 Å². The summed E-state index contributed by atoms with van der Waals surface area (Å²) < 4.78 is 34.5. The molecule has 0 aliphatic carbocycles. The number of hydrogen-bond donors (Lipinski definition) is 1. The van der Waals surface area contributed by atoms with Gasteiger partial charge in [0.05, 0.1) is 18.3 Å². The second kappa shape index (κ2) is 6.92. The lowest BCUT2D eigenvalue weighted by Gasteiger charge is -2.20. The normalized spacial score (nSPS) is 19.2. The van der Waals surface area contributed by atoms with Gasteiger partial charge in [0.25, 0.3) is 0 Å². The molecule has 1 heterocycles. The average molecular weight is 411 g/mol. The molecule has 126 valence electrons. The van der Waals surface area contributed by atoms with Crippen LogP contribution in [0.2, 0.25) is 0 Å². The van der Waals surface area contributed by atoms with E-state index in [-0.39, 0.29) is 6.54 Å². The first-order valence-corrected chi connectivity index (χ1v) is 9.44. The largest absolute Gasteiger partial charge is 0.487 e. The molecule has 24 heavy (non-hydrogen) atoms. The summed E-state index contributed by atoms with van der Waals surface area (Å²) in [5.41, 5.74) is 1.36. The minimum absolute atomic E-state index is 0.0317. The fourth-order valence-electron chi connectivity index (χ4n) is 2.41. The molecule has 6 nitrogen and oxygen atoms in total. The maximum absolute atomic E-state index is 12.3. The van der Waals surface area contributed by atoms with Crippen LogP contribution in [0.3, 0.4) is 0 Å². The first kappa shape index (κ1) is 16.9. The van der Waals surface area contributed by atoms with Crippen molar-refractivity contribution in [3.05, 3.63) is 58.6 Å². The smallest absolute Gasteiger partial charge is 0.302 e. The molecule has 1 aliphatic heterocycles. The number of carbonyl (C=O) groups excluding carboxylic acids is 1. The van der Waals surface area contributed by atoms with Crippen molar-refractivity contribution in [2.75, 3.05) is 10.8 Å². The second-order valence-corrected chi connectivity index (χ2v) is 7.83. The van der Waals surface area contributed by atoms with Crippen molar-refractivity contribution in [1.82, 2.24) is 4.72 Å². The molecule has 1 saturated heterocycles. The van der Waals surface area contributed by atoms with E-state index in [1.165, 1.54) is 0 Å². The van der Waals surface area contributed by atoms with E-state index in [1.807, 2.05) is 30.3 Å². The highest BCUT2D eigenvalue weighted by Crippen LogP contribution is 2.35. The molecule has 1 fully saturated rings. The zero-order chi connectivity index (χ0) is 17.2. The van der Waals surface area contributed by atoms with E-state index in [0.717, 1.165) is 9.87 Å². The van der Waals surface area contributed by atoms with E-state index in [2.05, 4.69) is 20.7 Å². The summed E-state index contributed by atoms with van der Waals surface area (Å²) in [6.45, 7) is 0.345. The van der Waals surface area contributed by atoms with Crippen LogP contribution in [0.4, 0.5) is 5.69 Å². The van der Waals surface area contributed by atoms with Gasteiger partial charge in [-0.05, 0) is 23.8 Å². The van der Waals surface area contributed by atoms with Gasteiger partial charge in [-0.3, -0.25) is 4.31 Å². The molecule has 0 radical (unpaired) electrons. The van der Waals surface area contributed by atoms with Crippen LogP contribution in [0, 0.1) is 0 Å². The van der Waals surface area contributed by atoms with Crippen LogP contribution in [0.25, 0.3) is 0 Å². The molecule has 0 aromatic heterocycles. The van der Waals surface area contributed by atoms with Crippen molar-refractivity contribution in [2.45, 2.75) is 12.6 Å². The first-order valence-electron chi connectivity index (χ1n) is 7.21. The Kier molecular flexibility index (Phi) is 4.88. The number of rotatable bonds is 5. The molecule has 8 heteroatoms. The number of halogens is 1. The molecule has 2 aromatic carbocycles. The number of carbonyl (C=O) groups is 1. The quantitative estimate of drug-likeness (QED) is 0.766. The Morgan fingerprint density at radius 1 is 1.25 bits per heavy atom. The Labute approximate surface area is 148 Å². The van der Waals surface area contributed by atoms with Gasteiger partial charge in [0, 0.05) is 4.47 Å². The zero-order valence-corrected chi connectivity index (χ0v) is 15.0. The van der Waals surface area contributed by atoms with Gasteiger partial charge in [0.1, 0.15) is 18.6 Å². The fourth-order valence-corrected chi connectivity index (χ4v) is 4.16. The van der Waals surface area contributed by atoms with Gasteiger partial charge >= 0.3 is 10.2 Å². The molecule has 0 spiro atoms. The third-order valence-electron chi connectivity index (χ3n) is 3.54. The number of nitrogens with one attached hydrogen (secondary N) is 1. The topological polar surface area (TPSA) is 75.7 Å². The van der Waals surface area contributed by atoms with Crippen molar-refractivity contribution in [1.29, 1.82) is 0 Å². The molecule has 1 aliphatic rings. The molecule has 3 rings (SSSR count). The summed E-state index contributed by atoms with van der Waals surface area (Å²) in [6, 6.07) is 13.9. The van der Waals surface area contributed by atoms with Gasteiger partial charge in [-0.25, -0.2) is 0 Å². The number of benzene rings is 2. The van der Waals surface area contributed by atoms with Crippen LogP contribution in [0.15, 0.2) is 53.0 Å². The van der Waals surface area contributed by atoms with Crippen LogP contribution >= 0.6 is 15.9 Å². The van der Waals surface area contributed by atoms with E-state index in [4.69, 9.17) is 4.74 Å². The molecule has 0 saturated carbocycles. The zero-order valence-electron chi connectivity index (χ0n) is 12.6. The van der Waals surface area contributed by atoms with Crippen LogP contribution < -0.4 is 13.8 Å². The Morgan fingerprint density at radius 3 is 2.67 bits per heavy atom. The molecule has 2 aromatic rings. The van der Waals surface area contributed by atoms with Crippen LogP contribution in [-0.4, -0.2) is 27.3 Å². The molecule has 0 amide bonds. The number of hydrogen-bond acceptors (Lipinski definition) is 4. The van der Waals surface area contributed by atoms with Gasteiger partial charge in [-0.1, -0.05) is 46.3 Å². The van der Waals surface area contributed by atoms with Gasteiger partial charge in [-0.15, -0.1) is 0 Å². The van der Waals surface area contributed by atoms with Crippen LogP contribution in [0.5, 0.6) is 5.75 Å². The minimum Gasteiger partial charge on any atom is -0.487 e. The molecule has 1 unspecified atom stereocenters. The second-order valence-electron chi connectivity index (χ2n) is 5.28. The van der Waals surface area contributed by atoms with Crippen molar-refractivity contribution in [2.24, 2.45) is 0 Å². The summed E-state index contributed by atoms with van der Waals surface area (Å²) in [5, 5.41) is 0. The van der Waals surface area contributed by atoms with Crippen LogP contribution in [-0.2, 0) is 21.6 Å². The monoisotopic (exact) mass is 410 g/mol. The number of anilines is 1. The molecule has 0 bridgehead atoms. The van der Waals surface area contributed by atoms with Crippen molar-refractivity contribution in [3.63, 3.8) is 0 Å². The lowest BCUT2D eigenvalue weighted by atomic mass is 10.2. The van der Waals surface area contributed by atoms with Gasteiger partial charge in [0.2, 0.25) is 0 Å². The van der Waals surface area contributed by atoms with Crippen molar-refractivity contribution in [3.8, 4) is 5.75 Å². The van der Waals surface area contributed by atoms with Gasteiger partial charge in [-0.2, -0.15) is 13.1 Å². The standard InChI is InChI=1S/C16H15BrN2O4S/c17-13-6-7-16(23-11-12-4-2-1-3-5-12)15(8-13)19-9-14(10-20)18-24(19,21)22/h1-8,10,14,18H,9,11H2. The summed E-state index contributed by atoms with van der Waals surface area (Å²) >= 11 is 3.34. The molecule has 1 atom stereocenters. The highest BCUT2D eigenvalue weighted by Gasteiger charge is 2.36. The number of aldehydes is 1. The summed E-state index contributed by atoms with van der Waals surface area (Å²) in [5.74, 6) is 0.430. The first-order chi connectivity index (χ1) is 11.5. The van der Waals surface area contributed by atoms with Crippen LogP contribution in [0.1, 0.15) is 5.56 Å². The SMILES string of the molecule is O=CC1CN(c2cc(Br)ccc2OCc2ccccc2)S(=O)(=O)N1. The summed E-state index contributed by atoms with van der Waals surface area (Å²) in [6.07, 6.45) is 0.583. The third-order valence-corrected chi connectivity index (χ3v) is 5.56. The van der Waals surface area contributed by atoms with Crippen molar-refractivity contribution < 1.29 is 17.9 Å². The predicted molar refractivity (Wildman–Crippen MR) is 94.2 cm³/mol. The maximum atomic E-state index is 12.3. The summed E-state index contributed by atoms with van der Waals surface area (Å²) in [4.78, 5) is 10.9. The Hall–Kier alpha value is -1.90. The average Bonchev–Trinajstić information content (AvgIpc) is 2.89. The predicted octanol–water partition coefficient (Wildman–Crippen LogP) is 2.25. The van der Waals surface area contributed by atoms with E-state index in [9.17, 15) is 13.2 Å². The number of nitrogens with zero attached hydrogens (tertiary/aromatic N) is 1. The fraction of sp³-hybridized carbons (Fsp3) is 0.188. The van der Waals surface area contributed by atoms with Gasteiger partial charge in [0.15, 0.2) is 0 Å². The molecule has 1 N–H and O–H groups in total. The molecular formula is C16H15BrN2O4S. The third kappa shape index (κ3) is 3.61. The Bertz CT molecular complexity index is 842.